The van der Waals surface area contributed by atoms with Crippen LogP contribution in [-0.2, 0) is 6.42 Å². The number of anilines is 12. The van der Waals surface area contributed by atoms with Crippen LogP contribution in [0, 0.1) is 132 Å². The van der Waals surface area contributed by atoms with Crippen LogP contribution in [0.4, 0.5) is 68.2 Å². The van der Waals surface area contributed by atoms with E-state index in [-0.39, 0.29) is 11.8 Å². The van der Waals surface area contributed by atoms with E-state index < -0.39 is 0 Å². The highest BCUT2D eigenvalue weighted by molar-refractivity contribution is 6.00. The van der Waals surface area contributed by atoms with Gasteiger partial charge in [-0.2, -0.15) is 0 Å². The van der Waals surface area contributed by atoms with E-state index in [4.69, 9.17) is 0 Å². The molecule has 2 aliphatic heterocycles. The van der Waals surface area contributed by atoms with Crippen molar-refractivity contribution in [1.29, 1.82) is 0 Å². The molecule has 4 nitrogen and oxygen atoms in total. The van der Waals surface area contributed by atoms with Crippen LogP contribution in [0.25, 0.3) is 0 Å². The van der Waals surface area contributed by atoms with E-state index in [2.05, 4.69) is 281 Å². The van der Waals surface area contributed by atoms with Crippen molar-refractivity contribution >= 4 is 68.2 Å². The molecule has 9 aromatic rings. The molecule has 0 aromatic heterocycles. The summed E-state index contributed by atoms with van der Waals surface area (Å²) in [5.74, 6) is 0.392. The highest BCUT2D eigenvalue weighted by Gasteiger charge is 2.40. The van der Waals surface area contributed by atoms with Gasteiger partial charge in [0.2, 0.25) is 0 Å². The summed E-state index contributed by atoms with van der Waals surface area (Å²) in [6.45, 7) is 52.1. The van der Waals surface area contributed by atoms with E-state index in [0.717, 1.165) is 6.42 Å². The van der Waals surface area contributed by atoms with Gasteiger partial charge in [0, 0.05) is 11.8 Å². The lowest BCUT2D eigenvalue weighted by atomic mass is 9.78. The van der Waals surface area contributed by atoms with Gasteiger partial charge in [-0.25, -0.2) is 0 Å². The summed E-state index contributed by atoms with van der Waals surface area (Å²) in [5.41, 5.74) is 46.8. The van der Waals surface area contributed by atoms with E-state index in [1.165, 1.54) is 202 Å². The van der Waals surface area contributed by atoms with E-state index in [1.54, 1.807) is 0 Å². The number of fused-ring (bicyclic) bond motifs is 4. The molecule has 2 heterocycles. The Morgan fingerprint density at radius 3 is 0.976 bits per heavy atom. The minimum atomic E-state index is 0.127. The van der Waals surface area contributed by atoms with Crippen LogP contribution in [0.1, 0.15) is 166 Å². The smallest absolute Gasteiger partial charge is 0.0536 e. The maximum atomic E-state index is 2.79. The highest BCUT2D eigenvalue weighted by atomic mass is 15.2. The average Bonchev–Trinajstić information content (AvgIpc) is 1.16. The van der Waals surface area contributed by atoms with Crippen molar-refractivity contribution in [3.05, 3.63) is 243 Å². The van der Waals surface area contributed by atoms with Gasteiger partial charge >= 0.3 is 0 Å². The average molecular weight is 1090 g/mol. The fourth-order valence-corrected chi connectivity index (χ4v) is 15.5. The predicted octanol–water partition coefficient (Wildman–Crippen LogP) is 22.9. The van der Waals surface area contributed by atoms with Crippen molar-refractivity contribution in [2.45, 2.75) is 171 Å². The predicted molar refractivity (Wildman–Crippen MR) is 360 cm³/mol. The number of hydrogen-bond acceptors (Lipinski definition) is 4. The Hall–Kier alpha value is -7.82. The molecular formula is C79H88N4. The summed E-state index contributed by atoms with van der Waals surface area (Å²) in [4.78, 5) is 10.8. The molecule has 0 amide bonds. The van der Waals surface area contributed by atoms with Crippen LogP contribution >= 0.6 is 0 Å². The van der Waals surface area contributed by atoms with Gasteiger partial charge in [-0.1, -0.05) is 130 Å². The third-order valence-electron chi connectivity index (χ3n) is 20.3. The van der Waals surface area contributed by atoms with Crippen LogP contribution < -0.4 is 19.6 Å². The standard InChI is InChI=1S/C79H88N4/c1-23-63-38-26-34-46(6)70(63)80(68-42(2)30-24-31-43(68)3)74-50(10)54(14)76(55(15)51(74)11)83(77-56(16)52(12)75(53(13)57(77)17)82-71-47(7)35-27-39-64(71)60(20)65-40-28-36-48(8)72(65)82)78-58(18)59(19)79-67(62(78)22)61(21)66-41-29-37-49(9)73(66)81(79)69-44(4)32-25-33-45(69)5/h24-41,60-61H,23H2,1-22H3. The van der Waals surface area contributed by atoms with Crippen molar-refractivity contribution in [2.24, 2.45) is 0 Å². The first kappa shape index (κ1) is 57.0. The van der Waals surface area contributed by atoms with Crippen molar-refractivity contribution in [3.63, 3.8) is 0 Å². The number of aryl methyl sites for hydroxylation is 9. The first-order valence-electron chi connectivity index (χ1n) is 30.5. The second kappa shape index (κ2) is 21.1. The Morgan fingerprint density at radius 1 is 0.277 bits per heavy atom. The van der Waals surface area contributed by atoms with Crippen LogP contribution in [0.3, 0.4) is 0 Å². The maximum absolute atomic E-state index is 2.79. The summed E-state index contributed by atoms with van der Waals surface area (Å²) >= 11 is 0. The lowest BCUT2D eigenvalue weighted by Crippen LogP contribution is -2.28. The van der Waals surface area contributed by atoms with Gasteiger partial charge in [-0.05, 0) is 271 Å². The summed E-state index contributed by atoms with van der Waals surface area (Å²) in [6.07, 6.45) is 0.930. The van der Waals surface area contributed by atoms with Crippen molar-refractivity contribution in [3.8, 4) is 0 Å². The lowest BCUT2D eigenvalue weighted by molar-refractivity contribution is 0.868. The number of benzene rings is 9. The molecule has 0 saturated heterocycles. The van der Waals surface area contributed by atoms with Crippen molar-refractivity contribution in [1.82, 2.24) is 0 Å². The molecule has 0 saturated carbocycles. The summed E-state index contributed by atoms with van der Waals surface area (Å²) < 4.78 is 0. The molecular weight excluding hydrogens is 1000 g/mol. The van der Waals surface area contributed by atoms with Gasteiger partial charge in [-0.15, -0.1) is 0 Å². The number of nitrogens with zero attached hydrogens (tertiary/aromatic N) is 4. The second-order valence-electron chi connectivity index (χ2n) is 25.1. The molecule has 1 unspecified atom stereocenters. The quantitative estimate of drug-likeness (QED) is 0.143. The van der Waals surface area contributed by atoms with E-state index in [1.807, 2.05) is 0 Å². The van der Waals surface area contributed by atoms with Crippen LogP contribution in [0.2, 0.25) is 0 Å². The number of para-hydroxylation sites is 6. The molecule has 83 heavy (non-hydrogen) atoms. The zero-order valence-corrected chi connectivity index (χ0v) is 54.0. The zero-order chi connectivity index (χ0) is 59.7. The monoisotopic (exact) mass is 1090 g/mol. The Bertz CT molecular complexity index is 4030. The number of rotatable bonds is 9. The van der Waals surface area contributed by atoms with E-state index >= 15 is 0 Å². The summed E-state index contributed by atoms with van der Waals surface area (Å²) in [7, 11) is 0. The fourth-order valence-electron chi connectivity index (χ4n) is 15.5. The normalized spacial score (nSPS) is 13.7. The van der Waals surface area contributed by atoms with Gasteiger partial charge in [0.25, 0.3) is 0 Å². The maximum Gasteiger partial charge on any atom is 0.0536 e. The van der Waals surface area contributed by atoms with Gasteiger partial charge in [0.05, 0.1) is 68.2 Å². The molecule has 9 aromatic carbocycles. The molecule has 0 radical (unpaired) electrons. The van der Waals surface area contributed by atoms with Gasteiger partial charge in [0.1, 0.15) is 0 Å². The molecule has 0 aliphatic carbocycles. The molecule has 4 heteroatoms. The van der Waals surface area contributed by atoms with Crippen molar-refractivity contribution < 1.29 is 0 Å². The molecule has 11 rings (SSSR count). The fraction of sp³-hybridized carbons (Fsp3) is 0.316. The highest BCUT2D eigenvalue weighted by Crippen LogP contribution is 2.61. The molecule has 1 atom stereocenters. The topological polar surface area (TPSA) is 13.0 Å². The van der Waals surface area contributed by atoms with Gasteiger partial charge in [0.15, 0.2) is 0 Å². The minimum Gasteiger partial charge on any atom is -0.309 e. The van der Waals surface area contributed by atoms with Gasteiger partial charge in [-0.3, -0.25) is 0 Å². The molecule has 0 bridgehead atoms. The summed E-state index contributed by atoms with van der Waals surface area (Å²) in [5, 5.41) is 0. The molecule has 2 aliphatic rings. The Kier molecular flexibility index (Phi) is 14.5. The minimum absolute atomic E-state index is 0.127. The molecule has 0 N–H and O–H groups in total. The number of hydrogen-bond donors (Lipinski definition) is 0. The van der Waals surface area contributed by atoms with Crippen LogP contribution in [-0.4, -0.2) is 0 Å². The third kappa shape index (κ3) is 8.42. The molecule has 424 valence electrons. The Morgan fingerprint density at radius 2 is 0.566 bits per heavy atom. The SMILES string of the molecule is CCc1cccc(C)c1N(c1c(C)cccc1C)c1c(C)c(C)c(N(c2c(C)c(C)c(N3c4c(C)cccc4C(C)c4cccc(C)c43)c(C)c2C)c2c(C)c(C)c3c(c2C)C(C)c2cccc(C)c2N3c2c(C)cccc2C)c(C)c1C. The van der Waals surface area contributed by atoms with Crippen molar-refractivity contribution in [2.75, 3.05) is 19.6 Å². The zero-order valence-electron chi connectivity index (χ0n) is 54.0. The first-order valence-corrected chi connectivity index (χ1v) is 30.5. The molecule has 0 fully saturated rings. The lowest BCUT2D eigenvalue weighted by Gasteiger charge is -2.44. The molecule has 0 spiro atoms. The largest absolute Gasteiger partial charge is 0.309 e. The Balaban J connectivity index is 1.28. The van der Waals surface area contributed by atoms with E-state index in [9.17, 15) is 0 Å². The van der Waals surface area contributed by atoms with E-state index in [0.29, 0.717) is 0 Å². The summed E-state index contributed by atoms with van der Waals surface area (Å²) in [6, 6.07) is 41.2. The first-order chi connectivity index (χ1) is 39.5. The van der Waals surface area contributed by atoms with Crippen LogP contribution in [0.15, 0.2) is 109 Å². The van der Waals surface area contributed by atoms with Crippen LogP contribution in [0.5, 0.6) is 0 Å². The Labute approximate surface area is 498 Å². The second-order valence-corrected chi connectivity index (χ2v) is 25.1. The van der Waals surface area contributed by atoms with Gasteiger partial charge < -0.3 is 19.6 Å². The third-order valence-corrected chi connectivity index (χ3v) is 20.3.